The number of nitriles is 1. The highest BCUT2D eigenvalue weighted by Gasteiger charge is 2.47. The Labute approximate surface area is 210 Å². The van der Waals surface area contributed by atoms with Gasteiger partial charge in [0.25, 0.3) is 5.91 Å². The van der Waals surface area contributed by atoms with Crippen molar-refractivity contribution in [3.05, 3.63) is 76.5 Å². The number of hydrogen-bond acceptors (Lipinski definition) is 5. The third kappa shape index (κ3) is 4.99. The molecule has 0 spiro atoms. The maximum Gasteiger partial charge on any atom is 0.416 e. The number of halogens is 3. The zero-order chi connectivity index (χ0) is 26.9. The number of nitrogens with zero attached hydrogens (tertiary/aromatic N) is 4. The van der Waals surface area contributed by atoms with E-state index in [1.54, 1.807) is 17.1 Å². The third-order valence-electron chi connectivity index (χ3n) is 6.05. The van der Waals surface area contributed by atoms with E-state index in [1.807, 2.05) is 13.0 Å². The fourth-order valence-electron chi connectivity index (χ4n) is 4.53. The van der Waals surface area contributed by atoms with Crippen LogP contribution < -0.4 is 16.1 Å². The summed E-state index contributed by atoms with van der Waals surface area (Å²) in [7, 11) is 0. The number of anilines is 1. The highest BCUT2D eigenvalue weighted by atomic mass is 19.4. The van der Waals surface area contributed by atoms with E-state index >= 15 is 0 Å². The standard InChI is InChI=1S/C25H23F3N6O3/c1-2-10-32-13-19-21(23(36)31-32)22(16-8-6-15(12-29)7-9-16)33(14-20(30)35)24(37)34(19)18-5-3-4-17(11-18)25(26,27)28/h3-9,11,22H,2,10,13-14H2,1H3,(H2,30,35)(H,31,36)/t22-/m1/s1. The molecule has 0 saturated carbocycles. The van der Waals surface area contributed by atoms with Crippen LogP contribution in [0.25, 0.3) is 0 Å². The number of nitrogens with one attached hydrogen (secondary N) is 1. The summed E-state index contributed by atoms with van der Waals surface area (Å²) in [6.07, 6.45) is -4.00. The van der Waals surface area contributed by atoms with E-state index in [0.29, 0.717) is 24.1 Å². The van der Waals surface area contributed by atoms with Crippen molar-refractivity contribution in [3.63, 3.8) is 0 Å². The van der Waals surface area contributed by atoms with Crippen molar-refractivity contribution in [2.24, 2.45) is 5.73 Å². The van der Waals surface area contributed by atoms with Crippen LogP contribution in [-0.4, -0.2) is 47.4 Å². The molecule has 3 N–H and O–H groups in total. The fraction of sp³-hybridized carbons (Fsp3) is 0.280. The number of benzene rings is 2. The Morgan fingerprint density at radius 3 is 2.49 bits per heavy atom. The quantitative estimate of drug-likeness (QED) is 0.616. The van der Waals surface area contributed by atoms with E-state index in [2.05, 4.69) is 5.43 Å². The van der Waals surface area contributed by atoms with Gasteiger partial charge in [-0.3, -0.25) is 19.9 Å². The first-order valence-corrected chi connectivity index (χ1v) is 11.4. The number of rotatable bonds is 6. The number of hydrazine groups is 1. The van der Waals surface area contributed by atoms with E-state index in [1.165, 1.54) is 24.3 Å². The number of alkyl halides is 3. The smallest absolute Gasteiger partial charge is 0.368 e. The molecular weight excluding hydrogens is 489 g/mol. The van der Waals surface area contributed by atoms with E-state index < -0.39 is 42.2 Å². The first-order chi connectivity index (χ1) is 17.5. The van der Waals surface area contributed by atoms with Gasteiger partial charge in [0.05, 0.1) is 46.7 Å². The zero-order valence-corrected chi connectivity index (χ0v) is 19.7. The maximum atomic E-state index is 13.9. The summed E-state index contributed by atoms with van der Waals surface area (Å²) in [5.41, 5.74) is 8.18. The topological polar surface area (TPSA) is 123 Å². The Hall–Kier alpha value is -4.37. The Bertz CT molecular complexity index is 1320. The second kappa shape index (κ2) is 9.94. The SMILES string of the molecule is CCCN1CC2=C(C(=O)N1)[C@@H](c1ccc(C#N)cc1)N(CC(N)=O)C(=O)N2c1cccc(C(F)(F)F)c1. The highest BCUT2D eigenvalue weighted by Crippen LogP contribution is 2.42. The second-order valence-electron chi connectivity index (χ2n) is 8.62. The van der Waals surface area contributed by atoms with E-state index in [0.717, 1.165) is 21.9 Å². The molecule has 4 amide bonds. The summed E-state index contributed by atoms with van der Waals surface area (Å²) in [4.78, 5) is 41.4. The van der Waals surface area contributed by atoms with Gasteiger partial charge >= 0.3 is 12.2 Å². The molecule has 2 aromatic carbocycles. The van der Waals surface area contributed by atoms with Crippen molar-refractivity contribution in [2.45, 2.75) is 25.6 Å². The van der Waals surface area contributed by atoms with E-state index in [-0.39, 0.29) is 23.5 Å². The predicted octanol–water partition coefficient (Wildman–Crippen LogP) is 3.06. The molecule has 0 aromatic heterocycles. The van der Waals surface area contributed by atoms with Crippen molar-refractivity contribution in [2.75, 3.05) is 24.5 Å². The lowest BCUT2D eigenvalue weighted by Crippen LogP contribution is -2.60. The van der Waals surface area contributed by atoms with Crippen LogP contribution in [0.1, 0.15) is 36.1 Å². The molecule has 1 atom stereocenters. The molecule has 0 fully saturated rings. The fourth-order valence-corrected chi connectivity index (χ4v) is 4.53. The molecule has 12 heteroatoms. The average molecular weight is 512 g/mol. The average Bonchev–Trinajstić information content (AvgIpc) is 2.84. The summed E-state index contributed by atoms with van der Waals surface area (Å²) in [5, 5.41) is 10.7. The van der Waals surface area contributed by atoms with Crippen LogP contribution in [0.5, 0.6) is 0 Å². The molecule has 37 heavy (non-hydrogen) atoms. The normalized spacial score (nSPS) is 18.4. The molecular formula is C25H23F3N6O3. The van der Waals surface area contributed by atoms with Gasteiger partial charge in [0.2, 0.25) is 5.91 Å². The predicted molar refractivity (Wildman–Crippen MR) is 126 cm³/mol. The van der Waals surface area contributed by atoms with Gasteiger partial charge in [-0.15, -0.1) is 0 Å². The summed E-state index contributed by atoms with van der Waals surface area (Å²) in [6, 6.07) is 10.4. The second-order valence-corrected chi connectivity index (χ2v) is 8.62. The highest BCUT2D eigenvalue weighted by molar-refractivity contribution is 6.06. The van der Waals surface area contributed by atoms with Gasteiger partial charge < -0.3 is 10.6 Å². The molecule has 192 valence electrons. The van der Waals surface area contributed by atoms with Gasteiger partial charge in [0, 0.05) is 6.54 Å². The number of primary amides is 1. The summed E-state index contributed by atoms with van der Waals surface area (Å²) < 4.78 is 40.5. The minimum absolute atomic E-state index is 0.0358. The van der Waals surface area contributed by atoms with Crippen molar-refractivity contribution in [1.29, 1.82) is 5.26 Å². The number of urea groups is 1. The lowest BCUT2D eigenvalue weighted by atomic mass is 9.90. The lowest BCUT2D eigenvalue weighted by Gasteiger charge is -2.46. The van der Waals surface area contributed by atoms with Crippen LogP contribution in [-0.2, 0) is 15.8 Å². The third-order valence-corrected chi connectivity index (χ3v) is 6.05. The Kier molecular flexibility index (Phi) is 6.91. The lowest BCUT2D eigenvalue weighted by molar-refractivity contribution is -0.137. The molecule has 9 nitrogen and oxygen atoms in total. The van der Waals surface area contributed by atoms with Gasteiger partial charge in [0.15, 0.2) is 0 Å². The van der Waals surface area contributed by atoms with E-state index in [9.17, 15) is 27.6 Å². The van der Waals surface area contributed by atoms with Gasteiger partial charge in [-0.25, -0.2) is 9.80 Å². The number of nitrogens with two attached hydrogens (primary N) is 1. The van der Waals surface area contributed by atoms with Gasteiger partial charge in [0.1, 0.15) is 6.54 Å². The molecule has 0 aliphatic carbocycles. The first kappa shape index (κ1) is 25.7. The first-order valence-electron chi connectivity index (χ1n) is 11.4. The molecule has 2 aromatic rings. The summed E-state index contributed by atoms with van der Waals surface area (Å²) >= 11 is 0. The van der Waals surface area contributed by atoms with Crippen molar-refractivity contribution < 1.29 is 27.6 Å². The maximum absolute atomic E-state index is 13.9. The molecule has 0 bridgehead atoms. The molecule has 0 unspecified atom stereocenters. The largest absolute Gasteiger partial charge is 0.416 e. The Balaban J connectivity index is 1.96. The number of carbonyl (C=O) groups excluding carboxylic acids is 3. The molecule has 4 rings (SSSR count). The monoisotopic (exact) mass is 512 g/mol. The van der Waals surface area contributed by atoms with Crippen molar-refractivity contribution in [1.82, 2.24) is 15.3 Å². The minimum Gasteiger partial charge on any atom is -0.368 e. The van der Waals surface area contributed by atoms with Crippen molar-refractivity contribution >= 4 is 23.5 Å². The summed E-state index contributed by atoms with van der Waals surface area (Å²) in [5.74, 6) is -1.44. The van der Waals surface area contributed by atoms with Gasteiger partial charge in [-0.1, -0.05) is 25.1 Å². The van der Waals surface area contributed by atoms with Crippen LogP contribution in [0.4, 0.5) is 23.7 Å². The van der Waals surface area contributed by atoms with Gasteiger partial charge in [-0.2, -0.15) is 18.4 Å². The van der Waals surface area contributed by atoms with Gasteiger partial charge in [-0.05, 0) is 42.3 Å². The van der Waals surface area contributed by atoms with Crippen LogP contribution in [0.15, 0.2) is 59.8 Å². The Morgan fingerprint density at radius 2 is 1.89 bits per heavy atom. The Morgan fingerprint density at radius 1 is 1.19 bits per heavy atom. The molecule has 0 saturated heterocycles. The number of hydrogen-bond donors (Lipinski definition) is 2. The molecule has 2 heterocycles. The zero-order valence-electron chi connectivity index (χ0n) is 19.7. The van der Waals surface area contributed by atoms with E-state index in [4.69, 9.17) is 11.0 Å². The number of amides is 4. The molecule has 0 radical (unpaired) electrons. The van der Waals surface area contributed by atoms with Crippen LogP contribution in [0.3, 0.4) is 0 Å². The summed E-state index contributed by atoms with van der Waals surface area (Å²) in [6.45, 7) is 1.76. The van der Waals surface area contributed by atoms with Crippen LogP contribution in [0.2, 0.25) is 0 Å². The minimum atomic E-state index is -4.66. The van der Waals surface area contributed by atoms with Crippen LogP contribution >= 0.6 is 0 Å². The van der Waals surface area contributed by atoms with Crippen LogP contribution in [0, 0.1) is 11.3 Å². The molecule has 2 aliphatic heterocycles. The molecule has 2 aliphatic rings. The number of carbonyl (C=O) groups is 3. The van der Waals surface area contributed by atoms with Crippen molar-refractivity contribution in [3.8, 4) is 6.07 Å².